The third kappa shape index (κ3) is 2.68. The van der Waals surface area contributed by atoms with Gasteiger partial charge in [0.2, 0.25) is 0 Å². The van der Waals surface area contributed by atoms with Gasteiger partial charge in [-0.05, 0) is 31.5 Å². The zero-order chi connectivity index (χ0) is 13.1. The van der Waals surface area contributed by atoms with E-state index in [9.17, 15) is 9.18 Å². The Kier molecular flexibility index (Phi) is 3.93. The highest BCUT2D eigenvalue weighted by atomic mass is 19.1. The average Bonchev–Trinajstić information content (AvgIpc) is 2.35. The minimum atomic E-state index is -0.429. The van der Waals surface area contributed by atoms with Crippen molar-refractivity contribution < 1.29 is 13.9 Å². The Morgan fingerprint density at radius 2 is 2.39 bits per heavy atom. The minimum Gasteiger partial charge on any atom is -0.376 e. The molecule has 1 amide bonds. The maximum absolute atomic E-state index is 13.0. The van der Waals surface area contributed by atoms with Crippen LogP contribution in [0.3, 0.4) is 0 Å². The summed E-state index contributed by atoms with van der Waals surface area (Å²) < 4.78 is 18.5. The fourth-order valence-corrected chi connectivity index (χ4v) is 2.09. The zero-order valence-electron chi connectivity index (χ0n) is 10.2. The summed E-state index contributed by atoms with van der Waals surface area (Å²) in [7, 11) is 0. The number of nitrogens with one attached hydrogen (secondary N) is 1. The highest BCUT2D eigenvalue weighted by Gasteiger charge is 2.40. The zero-order valence-corrected chi connectivity index (χ0v) is 10.2. The second-order valence-electron chi connectivity index (χ2n) is 4.40. The van der Waals surface area contributed by atoms with E-state index < -0.39 is 5.82 Å². The van der Waals surface area contributed by atoms with Gasteiger partial charge in [0.1, 0.15) is 5.82 Å². The topological polar surface area (TPSA) is 64.3 Å². The van der Waals surface area contributed by atoms with Crippen LogP contribution in [0.25, 0.3) is 0 Å². The van der Waals surface area contributed by atoms with Crippen LogP contribution in [0.1, 0.15) is 23.7 Å². The van der Waals surface area contributed by atoms with Crippen LogP contribution < -0.4 is 11.1 Å². The number of hydrogen-bond acceptors (Lipinski definition) is 3. The Morgan fingerprint density at radius 3 is 3.00 bits per heavy atom. The Morgan fingerprint density at radius 1 is 1.61 bits per heavy atom. The number of hydrogen-bond donors (Lipinski definition) is 2. The average molecular weight is 252 g/mol. The van der Waals surface area contributed by atoms with E-state index in [2.05, 4.69) is 5.32 Å². The number of benzene rings is 1. The van der Waals surface area contributed by atoms with E-state index in [4.69, 9.17) is 10.5 Å². The molecular weight excluding hydrogens is 235 g/mol. The molecule has 4 nitrogen and oxygen atoms in total. The molecule has 0 aliphatic heterocycles. The number of carbonyl (C=O) groups is 1. The van der Waals surface area contributed by atoms with Crippen molar-refractivity contribution in [1.82, 2.24) is 5.32 Å². The maximum atomic E-state index is 13.0. The first-order chi connectivity index (χ1) is 8.61. The molecule has 3 unspecified atom stereocenters. The van der Waals surface area contributed by atoms with E-state index in [-0.39, 0.29) is 24.1 Å². The standard InChI is InChI=1S/C13H17FN2O2/c1-2-18-11-7-10(15)12(11)16-13(17)8-4-3-5-9(14)6-8/h3-6,10-12H,2,7,15H2,1H3,(H,16,17). The lowest BCUT2D eigenvalue weighted by Gasteiger charge is -2.42. The fourth-order valence-electron chi connectivity index (χ4n) is 2.09. The van der Waals surface area contributed by atoms with Crippen molar-refractivity contribution in [2.45, 2.75) is 31.5 Å². The number of halogens is 1. The SMILES string of the molecule is CCOC1CC(N)C1NC(=O)c1cccc(F)c1. The third-order valence-electron chi connectivity index (χ3n) is 3.13. The molecule has 0 spiro atoms. The van der Waals surface area contributed by atoms with Crippen LogP contribution in [-0.4, -0.2) is 30.7 Å². The molecule has 2 rings (SSSR count). The van der Waals surface area contributed by atoms with Gasteiger partial charge in [0.15, 0.2) is 0 Å². The molecule has 0 saturated heterocycles. The van der Waals surface area contributed by atoms with E-state index >= 15 is 0 Å². The van der Waals surface area contributed by atoms with Crippen LogP contribution in [0.5, 0.6) is 0 Å². The van der Waals surface area contributed by atoms with Gasteiger partial charge in [-0.15, -0.1) is 0 Å². The van der Waals surface area contributed by atoms with Gasteiger partial charge in [0.05, 0.1) is 12.1 Å². The van der Waals surface area contributed by atoms with Crippen molar-refractivity contribution >= 4 is 5.91 Å². The second kappa shape index (κ2) is 5.46. The molecule has 18 heavy (non-hydrogen) atoms. The number of amides is 1. The quantitative estimate of drug-likeness (QED) is 0.842. The predicted molar refractivity (Wildman–Crippen MR) is 65.7 cm³/mol. The van der Waals surface area contributed by atoms with E-state index in [0.29, 0.717) is 12.2 Å². The largest absolute Gasteiger partial charge is 0.376 e. The van der Waals surface area contributed by atoms with Crippen molar-refractivity contribution in [2.75, 3.05) is 6.61 Å². The van der Waals surface area contributed by atoms with Gasteiger partial charge in [0, 0.05) is 18.2 Å². The number of carbonyl (C=O) groups excluding carboxylic acids is 1. The van der Waals surface area contributed by atoms with Crippen LogP contribution >= 0.6 is 0 Å². The molecule has 3 N–H and O–H groups in total. The molecule has 1 aliphatic carbocycles. The van der Waals surface area contributed by atoms with Crippen LogP contribution in [0.15, 0.2) is 24.3 Å². The third-order valence-corrected chi connectivity index (χ3v) is 3.13. The first-order valence-corrected chi connectivity index (χ1v) is 6.05. The summed E-state index contributed by atoms with van der Waals surface area (Å²) in [6, 6.07) is 5.28. The monoisotopic (exact) mass is 252 g/mol. The maximum Gasteiger partial charge on any atom is 0.251 e. The van der Waals surface area contributed by atoms with Crippen LogP contribution in [0.4, 0.5) is 4.39 Å². The van der Waals surface area contributed by atoms with Gasteiger partial charge in [-0.2, -0.15) is 0 Å². The Hall–Kier alpha value is -1.46. The second-order valence-corrected chi connectivity index (χ2v) is 4.40. The molecule has 0 aromatic heterocycles. The van der Waals surface area contributed by atoms with Crippen molar-refractivity contribution in [3.05, 3.63) is 35.6 Å². The minimum absolute atomic E-state index is 0.0393. The number of rotatable bonds is 4. The van der Waals surface area contributed by atoms with Gasteiger partial charge in [0.25, 0.3) is 5.91 Å². The number of nitrogens with two attached hydrogens (primary N) is 1. The van der Waals surface area contributed by atoms with Crippen LogP contribution in [0, 0.1) is 5.82 Å². The Labute approximate surface area is 105 Å². The molecule has 0 bridgehead atoms. The number of ether oxygens (including phenoxy) is 1. The van der Waals surface area contributed by atoms with Gasteiger partial charge in [-0.3, -0.25) is 4.79 Å². The molecule has 1 aromatic rings. The molecule has 1 fully saturated rings. The lowest BCUT2D eigenvalue weighted by Crippen LogP contribution is -2.64. The van der Waals surface area contributed by atoms with Crippen molar-refractivity contribution in [3.63, 3.8) is 0 Å². The van der Waals surface area contributed by atoms with E-state index in [1.54, 1.807) is 6.07 Å². The molecule has 5 heteroatoms. The molecule has 0 radical (unpaired) electrons. The van der Waals surface area contributed by atoms with E-state index in [0.717, 1.165) is 6.42 Å². The fraction of sp³-hybridized carbons (Fsp3) is 0.462. The Balaban J connectivity index is 1.98. The summed E-state index contributed by atoms with van der Waals surface area (Å²) in [5.41, 5.74) is 6.13. The lowest BCUT2D eigenvalue weighted by molar-refractivity contribution is -0.0300. The summed E-state index contributed by atoms with van der Waals surface area (Å²) in [5, 5.41) is 2.79. The van der Waals surface area contributed by atoms with Gasteiger partial charge in [-0.1, -0.05) is 6.07 Å². The summed E-state index contributed by atoms with van der Waals surface area (Å²) in [4.78, 5) is 11.9. The van der Waals surface area contributed by atoms with Crippen LogP contribution in [0.2, 0.25) is 0 Å². The van der Waals surface area contributed by atoms with Gasteiger partial charge < -0.3 is 15.8 Å². The molecular formula is C13H17FN2O2. The van der Waals surface area contributed by atoms with Crippen molar-refractivity contribution in [3.8, 4) is 0 Å². The Bertz CT molecular complexity index is 437. The smallest absolute Gasteiger partial charge is 0.251 e. The normalized spacial score (nSPS) is 26.5. The predicted octanol–water partition coefficient (Wildman–Crippen LogP) is 1.06. The summed E-state index contributed by atoms with van der Waals surface area (Å²) in [6.45, 7) is 2.49. The van der Waals surface area contributed by atoms with E-state index in [1.165, 1.54) is 18.2 Å². The lowest BCUT2D eigenvalue weighted by atomic mass is 9.83. The first-order valence-electron chi connectivity index (χ1n) is 6.05. The molecule has 98 valence electrons. The van der Waals surface area contributed by atoms with Gasteiger partial charge >= 0.3 is 0 Å². The molecule has 1 aromatic carbocycles. The van der Waals surface area contributed by atoms with Crippen LogP contribution in [-0.2, 0) is 4.74 Å². The van der Waals surface area contributed by atoms with Crippen molar-refractivity contribution in [2.24, 2.45) is 5.73 Å². The van der Waals surface area contributed by atoms with Crippen molar-refractivity contribution in [1.29, 1.82) is 0 Å². The molecule has 1 saturated carbocycles. The van der Waals surface area contributed by atoms with E-state index in [1.807, 2.05) is 6.92 Å². The highest BCUT2D eigenvalue weighted by molar-refractivity contribution is 5.94. The highest BCUT2D eigenvalue weighted by Crippen LogP contribution is 2.22. The molecule has 3 atom stereocenters. The van der Waals surface area contributed by atoms with Gasteiger partial charge in [-0.25, -0.2) is 4.39 Å². The first kappa shape index (κ1) is 13.0. The summed E-state index contributed by atoms with van der Waals surface area (Å²) in [6.07, 6.45) is 0.699. The molecule has 0 heterocycles. The summed E-state index contributed by atoms with van der Waals surface area (Å²) in [5.74, 6) is -0.749. The summed E-state index contributed by atoms with van der Waals surface area (Å²) >= 11 is 0. The molecule has 1 aliphatic rings.